The number of ether oxygens (including phenoxy) is 3. The molecule has 3 aromatic carbocycles. The number of hydrogen-bond acceptors (Lipinski definition) is 10. The summed E-state index contributed by atoms with van der Waals surface area (Å²) in [6.07, 6.45) is 0.486. The standard InChI is InChI=1S/C38H37N3O9S/c1-38(2,3)50-36(45)28-34(44)41-29(37(46)49-30(22-11-7-5-8-12-22)23-13-9-6-10-14-23)27(31(39)51(47)35(28)41)21-25-19-20-40(33(25)43)32(42)24-15-17-26(48-4)18-16-24/h5-18,21,28,30-31,35H,19-20,39H2,1-4H3/b25-21+/t28-,31?,35+,51-/m0/s1. The van der Waals surface area contributed by atoms with Crippen LogP contribution in [0.25, 0.3) is 0 Å². The van der Waals surface area contributed by atoms with Crippen molar-refractivity contribution >= 4 is 40.5 Å². The molecule has 0 aliphatic carbocycles. The molecule has 0 saturated carbocycles. The van der Waals surface area contributed by atoms with E-state index in [1.807, 2.05) is 12.1 Å². The van der Waals surface area contributed by atoms with Gasteiger partial charge in [0.1, 0.15) is 27.8 Å². The van der Waals surface area contributed by atoms with Crippen molar-refractivity contribution < 1.29 is 42.4 Å². The van der Waals surface area contributed by atoms with Gasteiger partial charge in [-0.3, -0.25) is 33.2 Å². The quantitative estimate of drug-likeness (QED) is 0.120. The van der Waals surface area contributed by atoms with Crippen molar-refractivity contribution in [2.24, 2.45) is 11.7 Å². The number of nitrogens with zero attached hydrogens (tertiary/aromatic N) is 2. The molecule has 3 aliphatic heterocycles. The van der Waals surface area contributed by atoms with E-state index in [4.69, 9.17) is 19.9 Å². The molecule has 0 spiro atoms. The maximum Gasteiger partial charge on any atom is 0.356 e. The second-order valence-electron chi connectivity index (χ2n) is 13.2. The van der Waals surface area contributed by atoms with Crippen LogP contribution in [0.2, 0.25) is 0 Å². The van der Waals surface area contributed by atoms with Crippen LogP contribution in [0.3, 0.4) is 0 Å². The first-order valence-corrected chi connectivity index (χ1v) is 17.5. The van der Waals surface area contributed by atoms with Crippen molar-refractivity contribution in [2.75, 3.05) is 13.7 Å². The number of rotatable bonds is 8. The molecular formula is C38H37N3O9S. The van der Waals surface area contributed by atoms with Crippen LogP contribution in [0, 0.1) is 5.92 Å². The Kier molecular flexibility index (Phi) is 9.78. The van der Waals surface area contributed by atoms with Gasteiger partial charge in [-0.15, -0.1) is 0 Å². The SMILES string of the molecule is COc1ccc(C(=O)N2CC/C(=C\C3=C(C(=O)OC(c4ccccc4)c4ccccc4)N4C(=O)[C@H](C(=O)OC(C)(C)C)[C@H]4[S@@](=O)C3N)C2=O)cc1. The van der Waals surface area contributed by atoms with Gasteiger partial charge < -0.3 is 19.9 Å². The number of amides is 3. The number of esters is 2. The van der Waals surface area contributed by atoms with Crippen molar-refractivity contribution in [2.45, 2.75) is 49.6 Å². The second-order valence-corrected chi connectivity index (χ2v) is 14.8. The second kappa shape index (κ2) is 14.1. The van der Waals surface area contributed by atoms with Crippen LogP contribution in [-0.2, 0) is 39.5 Å². The summed E-state index contributed by atoms with van der Waals surface area (Å²) < 4.78 is 30.7. The summed E-state index contributed by atoms with van der Waals surface area (Å²) in [4.78, 5) is 70.3. The summed E-state index contributed by atoms with van der Waals surface area (Å²) in [6, 6.07) is 24.2. The highest BCUT2D eigenvalue weighted by atomic mass is 32.2. The van der Waals surface area contributed by atoms with Gasteiger partial charge in [-0.05, 0) is 68.7 Å². The Morgan fingerprint density at radius 3 is 2.06 bits per heavy atom. The average molecular weight is 712 g/mol. The van der Waals surface area contributed by atoms with Gasteiger partial charge in [-0.2, -0.15) is 0 Å². The first kappa shape index (κ1) is 35.4. The van der Waals surface area contributed by atoms with Crippen LogP contribution in [0.15, 0.2) is 108 Å². The third-order valence-corrected chi connectivity index (χ3v) is 10.4. The van der Waals surface area contributed by atoms with E-state index in [-0.39, 0.29) is 35.4 Å². The minimum atomic E-state index is -2.12. The normalized spacial score (nSPS) is 22.5. The minimum Gasteiger partial charge on any atom is -0.497 e. The highest BCUT2D eigenvalue weighted by Gasteiger charge is 2.62. The topological polar surface area (TPSA) is 163 Å². The van der Waals surface area contributed by atoms with Crippen molar-refractivity contribution in [3.63, 3.8) is 0 Å². The number of methoxy groups -OCH3 is 1. The number of nitrogens with two attached hydrogens (primary N) is 1. The van der Waals surface area contributed by atoms with Crippen molar-refractivity contribution in [3.05, 3.63) is 125 Å². The Morgan fingerprint density at radius 2 is 1.51 bits per heavy atom. The van der Waals surface area contributed by atoms with Gasteiger partial charge >= 0.3 is 11.9 Å². The first-order valence-electron chi connectivity index (χ1n) is 16.3. The maximum absolute atomic E-state index is 14.4. The molecule has 3 aromatic rings. The largest absolute Gasteiger partial charge is 0.497 e. The van der Waals surface area contributed by atoms with Crippen LogP contribution in [0.5, 0.6) is 5.75 Å². The molecule has 51 heavy (non-hydrogen) atoms. The summed E-state index contributed by atoms with van der Waals surface area (Å²) in [5.74, 6) is -4.80. The number of carbonyl (C=O) groups is 5. The molecule has 3 aliphatic rings. The fourth-order valence-corrected chi connectivity index (χ4v) is 7.85. The van der Waals surface area contributed by atoms with Gasteiger partial charge in [-0.1, -0.05) is 60.7 Å². The Labute approximate surface area is 297 Å². The summed E-state index contributed by atoms with van der Waals surface area (Å²) in [5.41, 5.74) is 6.83. The van der Waals surface area contributed by atoms with Gasteiger partial charge in [-0.25, -0.2) is 4.79 Å². The molecule has 2 saturated heterocycles. The van der Waals surface area contributed by atoms with Crippen LogP contribution in [0.4, 0.5) is 0 Å². The van der Waals surface area contributed by atoms with Gasteiger partial charge in [0.25, 0.3) is 11.8 Å². The zero-order valence-electron chi connectivity index (χ0n) is 28.4. The number of hydrogen-bond donors (Lipinski definition) is 1. The molecule has 1 unspecified atom stereocenters. The molecule has 264 valence electrons. The molecule has 3 heterocycles. The van der Waals surface area contributed by atoms with Gasteiger partial charge in [0.15, 0.2) is 12.0 Å². The van der Waals surface area contributed by atoms with E-state index in [1.54, 1.807) is 93.6 Å². The number of fused-ring (bicyclic) bond motifs is 1. The summed E-state index contributed by atoms with van der Waals surface area (Å²) in [7, 11) is -0.622. The Hall–Kier alpha value is -5.40. The molecule has 0 radical (unpaired) electrons. The molecule has 0 aromatic heterocycles. The number of imide groups is 1. The lowest BCUT2D eigenvalue weighted by atomic mass is 9.94. The summed E-state index contributed by atoms with van der Waals surface area (Å²) in [6.45, 7) is 4.95. The zero-order valence-corrected chi connectivity index (χ0v) is 29.3. The van der Waals surface area contributed by atoms with E-state index in [0.717, 1.165) is 9.80 Å². The summed E-state index contributed by atoms with van der Waals surface area (Å²) in [5, 5.41) is -2.73. The van der Waals surface area contributed by atoms with Crippen molar-refractivity contribution in [3.8, 4) is 5.75 Å². The van der Waals surface area contributed by atoms with E-state index in [0.29, 0.717) is 16.9 Å². The monoisotopic (exact) mass is 711 g/mol. The number of benzene rings is 3. The van der Waals surface area contributed by atoms with Gasteiger partial charge in [0.05, 0.1) is 17.9 Å². The van der Waals surface area contributed by atoms with E-state index in [1.165, 1.54) is 13.2 Å². The number of likely N-dealkylation sites (tertiary alicyclic amines) is 1. The predicted octanol–water partition coefficient (Wildman–Crippen LogP) is 3.75. The first-order chi connectivity index (χ1) is 24.3. The fourth-order valence-electron chi connectivity index (χ4n) is 6.20. The maximum atomic E-state index is 14.4. The fraction of sp³-hybridized carbons (Fsp3) is 0.289. The van der Waals surface area contributed by atoms with E-state index in [9.17, 15) is 28.2 Å². The molecule has 12 nitrogen and oxygen atoms in total. The molecule has 3 amide bonds. The van der Waals surface area contributed by atoms with Crippen molar-refractivity contribution in [1.82, 2.24) is 9.80 Å². The Morgan fingerprint density at radius 1 is 0.922 bits per heavy atom. The molecule has 13 heteroatoms. The number of carbonyl (C=O) groups excluding carboxylic acids is 5. The van der Waals surface area contributed by atoms with Gasteiger partial charge in [0.2, 0.25) is 5.91 Å². The zero-order chi connectivity index (χ0) is 36.6. The molecule has 4 atom stereocenters. The highest BCUT2D eigenvalue weighted by Crippen LogP contribution is 2.43. The van der Waals surface area contributed by atoms with Crippen LogP contribution >= 0.6 is 0 Å². The van der Waals surface area contributed by atoms with E-state index in [2.05, 4.69) is 0 Å². The highest BCUT2D eigenvalue weighted by molar-refractivity contribution is 7.86. The molecular weight excluding hydrogens is 674 g/mol. The van der Waals surface area contributed by atoms with Gasteiger partial charge in [0, 0.05) is 23.3 Å². The molecule has 0 bridgehead atoms. The third kappa shape index (κ3) is 6.86. The lowest BCUT2D eigenvalue weighted by Gasteiger charge is -2.49. The van der Waals surface area contributed by atoms with E-state index >= 15 is 0 Å². The van der Waals surface area contributed by atoms with Crippen molar-refractivity contribution in [1.29, 1.82) is 0 Å². The average Bonchev–Trinajstić information content (AvgIpc) is 3.48. The smallest absolute Gasteiger partial charge is 0.356 e. The minimum absolute atomic E-state index is 0.0387. The van der Waals surface area contributed by atoms with Crippen LogP contribution < -0.4 is 10.5 Å². The summed E-state index contributed by atoms with van der Waals surface area (Å²) >= 11 is 0. The number of β-lactam (4-membered cyclic amide) rings is 1. The molecule has 6 rings (SSSR count). The van der Waals surface area contributed by atoms with Crippen LogP contribution in [0.1, 0.15) is 54.8 Å². The Bertz CT molecular complexity index is 1930. The predicted molar refractivity (Wildman–Crippen MR) is 186 cm³/mol. The molecule has 2 N–H and O–H groups in total. The van der Waals surface area contributed by atoms with E-state index < -0.39 is 68.8 Å². The third-order valence-electron chi connectivity index (χ3n) is 8.67. The lowest BCUT2D eigenvalue weighted by Crippen LogP contribution is -2.70. The molecule has 2 fully saturated rings. The van der Waals surface area contributed by atoms with Crippen LogP contribution in [-0.4, -0.2) is 73.7 Å². The Balaban J connectivity index is 1.40. The lowest BCUT2D eigenvalue weighted by molar-refractivity contribution is -0.176.